The second-order valence-electron chi connectivity index (χ2n) is 4.87. The average molecular weight is 266 g/mol. The van der Waals surface area contributed by atoms with E-state index in [0.717, 1.165) is 30.6 Å². The first kappa shape index (κ1) is 15.1. The van der Waals surface area contributed by atoms with Crippen LogP contribution in [0.3, 0.4) is 0 Å². The highest BCUT2D eigenvalue weighted by atomic mass is 19.4. The number of nitrogens with two attached hydrogens (primary N) is 1. The lowest BCUT2D eigenvalue weighted by Gasteiger charge is -2.30. The minimum absolute atomic E-state index is 0.0885. The van der Waals surface area contributed by atoms with Crippen LogP contribution in [0, 0.1) is 0 Å². The Morgan fingerprint density at radius 3 is 2.33 bits per heavy atom. The van der Waals surface area contributed by atoms with Gasteiger partial charge in [0.05, 0.1) is 6.04 Å². The molecule has 0 aromatic heterocycles. The number of halogens is 3. The summed E-state index contributed by atoms with van der Waals surface area (Å²) in [6.07, 6.45) is -0.274. The summed E-state index contributed by atoms with van der Waals surface area (Å²) in [4.78, 5) is 5.46. The number of nitrogens with zero attached hydrogens (tertiary/aromatic N) is 2. The van der Waals surface area contributed by atoms with Crippen LogP contribution in [0.15, 0.2) is 4.99 Å². The number of rotatable bonds is 3. The van der Waals surface area contributed by atoms with Gasteiger partial charge in [0, 0.05) is 6.04 Å². The summed E-state index contributed by atoms with van der Waals surface area (Å²) < 4.78 is 37.5. The SMILES string of the molecule is CC(C)N(CC(F)(F)F)C(=NC1CCCC1)NN. The van der Waals surface area contributed by atoms with Crippen LogP contribution in [0.4, 0.5) is 13.2 Å². The van der Waals surface area contributed by atoms with Gasteiger partial charge in [0.15, 0.2) is 0 Å². The second-order valence-corrected chi connectivity index (χ2v) is 4.87. The van der Waals surface area contributed by atoms with Crippen molar-refractivity contribution in [1.82, 2.24) is 10.3 Å². The van der Waals surface area contributed by atoms with Gasteiger partial charge in [0.1, 0.15) is 6.54 Å². The molecule has 0 saturated heterocycles. The molecule has 4 nitrogen and oxygen atoms in total. The zero-order chi connectivity index (χ0) is 13.8. The summed E-state index contributed by atoms with van der Waals surface area (Å²) in [5.74, 6) is 5.45. The number of aliphatic imine (C=N–C) groups is 1. The molecule has 7 heteroatoms. The number of hydrazine groups is 1. The molecule has 0 unspecified atom stereocenters. The van der Waals surface area contributed by atoms with Gasteiger partial charge in [-0.15, -0.1) is 0 Å². The van der Waals surface area contributed by atoms with E-state index in [1.54, 1.807) is 13.8 Å². The van der Waals surface area contributed by atoms with Gasteiger partial charge < -0.3 is 4.90 Å². The van der Waals surface area contributed by atoms with E-state index >= 15 is 0 Å². The largest absolute Gasteiger partial charge is 0.406 e. The monoisotopic (exact) mass is 266 g/mol. The molecule has 0 aromatic carbocycles. The van der Waals surface area contributed by atoms with Gasteiger partial charge in [-0.25, -0.2) is 10.8 Å². The Morgan fingerprint density at radius 1 is 1.39 bits per heavy atom. The number of hydrogen-bond acceptors (Lipinski definition) is 2. The van der Waals surface area contributed by atoms with Gasteiger partial charge in [-0.2, -0.15) is 13.2 Å². The first-order chi connectivity index (χ1) is 8.33. The maximum absolute atomic E-state index is 12.5. The third-order valence-corrected chi connectivity index (χ3v) is 3.00. The highest BCUT2D eigenvalue weighted by molar-refractivity contribution is 5.80. The first-order valence-corrected chi connectivity index (χ1v) is 6.21. The standard InChI is InChI=1S/C11H21F3N4/c1-8(2)18(7-11(12,13)14)10(17-15)16-9-5-3-4-6-9/h8-9H,3-7,15H2,1-2H3,(H,16,17). The Labute approximate surface area is 105 Å². The van der Waals surface area contributed by atoms with Gasteiger partial charge in [-0.1, -0.05) is 12.8 Å². The van der Waals surface area contributed by atoms with E-state index in [1.807, 2.05) is 0 Å². The van der Waals surface area contributed by atoms with Crippen LogP contribution in [0.5, 0.6) is 0 Å². The molecule has 0 atom stereocenters. The van der Waals surface area contributed by atoms with Gasteiger partial charge in [-0.05, 0) is 26.7 Å². The zero-order valence-electron chi connectivity index (χ0n) is 10.8. The van der Waals surface area contributed by atoms with Crippen LogP contribution in [0.1, 0.15) is 39.5 Å². The number of hydrogen-bond donors (Lipinski definition) is 2. The molecule has 0 spiro atoms. The van der Waals surface area contributed by atoms with Crippen molar-refractivity contribution in [2.75, 3.05) is 6.54 Å². The maximum Gasteiger partial charge on any atom is 0.406 e. The van der Waals surface area contributed by atoms with Crippen molar-refractivity contribution in [3.63, 3.8) is 0 Å². The highest BCUT2D eigenvalue weighted by Crippen LogP contribution is 2.22. The summed E-state index contributed by atoms with van der Waals surface area (Å²) in [6.45, 7) is 2.33. The Balaban J connectivity index is 2.79. The van der Waals surface area contributed by atoms with Crippen molar-refractivity contribution in [3.8, 4) is 0 Å². The van der Waals surface area contributed by atoms with E-state index in [2.05, 4.69) is 10.4 Å². The van der Waals surface area contributed by atoms with Crippen LogP contribution in [0.2, 0.25) is 0 Å². The molecular weight excluding hydrogens is 245 g/mol. The van der Waals surface area contributed by atoms with E-state index in [4.69, 9.17) is 5.84 Å². The van der Waals surface area contributed by atoms with E-state index in [0.29, 0.717) is 0 Å². The van der Waals surface area contributed by atoms with Gasteiger partial charge in [0.2, 0.25) is 5.96 Å². The molecule has 1 aliphatic carbocycles. The Hall–Kier alpha value is -0.980. The lowest BCUT2D eigenvalue weighted by atomic mass is 10.2. The minimum Gasteiger partial charge on any atom is -0.330 e. The second kappa shape index (κ2) is 6.26. The molecule has 0 bridgehead atoms. The fourth-order valence-electron chi connectivity index (χ4n) is 2.10. The summed E-state index contributed by atoms with van der Waals surface area (Å²) in [5, 5.41) is 0. The molecule has 0 radical (unpaired) electrons. The molecule has 1 rings (SSSR count). The minimum atomic E-state index is -4.27. The first-order valence-electron chi connectivity index (χ1n) is 6.21. The maximum atomic E-state index is 12.5. The zero-order valence-corrected chi connectivity index (χ0v) is 10.8. The van der Waals surface area contributed by atoms with Crippen LogP contribution < -0.4 is 11.3 Å². The number of alkyl halides is 3. The normalized spacial score (nSPS) is 18.5. The third kappa shape index (κ3) is 4.72. The van der Waals surface area contributed by atoms with Crippen molar-refractivity contribution in [2.45, 2.75) is 57.8 Å². The molecule has 106 valence electrons. The molecule has 0 amide bonds. The summed E-state index contributed by atoms with van der Waals surface area (Å²) in [6, 6.07) is -0.228. The van der Waals surface area contributed by atoms with E-state index in [-0.39, 0.29) is 18.0 Å². The van der Waals surface area contributed by atoms with Gasteiger partial charge in [0.25, 0.3) is 0 Å². The predicted octanol–water partition coefficient (Wildman–Crippen LogP) is 2.02. The number of guanidine groups is 1. The van der Waals surface area contributed by atoms with Crippen molar-refractivity contribution in [1.29, 1.82) is 0 Å². The summed E-state index contributed by atoms with van der Waals surface area (Å²) in [7, 11) is 0. The Bertz CT molecular complexity index is 283. The van der Waals surface area contributed by atoms with E-state index in [1.165, 1.54) is 0 Å². The summed E-state index contributed by atoms with van der Waals surface area (Å²) >= 11 is 0. The molecule has 0 aliphatic heterocycles. The van der Waals surface area contributed by atoms with Gasteiger partial charge >= 0.3 is 6.18 Å². The van der Waals surface area contributed by atoms with E-state index < -0.39 is 12.7 Å². The van der Waals surface area contributed by atoms with Gasteiger partial charge in [-0.3, -0.25) is 5.43 Å². The average Bonchev–Trinajstić information content (AvgIpc) is 2.74. The highest BCUT2D eigenvalue weighted by Gasteiger charge is 2.33. The molecule has 1 saturated carbocycles. The Morgan fingerprint density at radius 2 is 1.94 bits per heavy atom. The van der Waals surface area contributed by atoms with Crippen molar-refractivity contribution in [2.24, 2.45) is 10.8 Å². The topological polar surface area (TPSA) is 53.6 Å². The van der Waals surface area contributed by atoms with Crippen LogP contribution in [0.25, 0.3) is 0 Å². The van der Waals surface area contributed by atoms with Crippen molar-refractivity contribution in [3.05, 3.63) is 0 Å². The fourth-order valence-corrected chi connectivity index (χ4v) is 2.10. The molecule has 0 aromatic rings. The molecule has 1 aliphatic rings. The van der Waals surface area contributed by atoms with Crippen LogP contribution in [-0.4, -0.2) is 35.7 Å². The molecule has 1 fully saturated rings. The lowest BCUT2D eigenvalue weighted by molar-refractivity contribution is -0.140. The molecule has 0 heterocycles. The van der Waals surface area contributed by atoms with Crippen LogP contribution >= 0.6 is 0 Å². The lowest BCUT2D eigenvalue weighted by Crippen LogP contribution is -2.51. The molecule has 18 heavy (non-hydrogen) atoms. The number of nitrogens with one attached hydrogen (secondary N) is 1. The quantitative estimate of drug-likeness (QED) is 0.356. The molecule has 3 N–H and O–H groups in total. The van der Waals surface area contributed by atoms with Crippen molar-refractivity contribution < 1.29 is 13.2 Å². The van der Waals surface area contributed by atoms with E-state index in [9.17, 15) is 13.2 Å². The van der Waals surface area contributed by atoms with Crippen molar-refractivity contribution >= 4 is 5.96 Å². The Kier molecular flexibility index (Phi) is 5.25. The predicted molar refractivity (Wildman–Crippen MR) is 64.9 cm³/mol. The summed E-state index contributed by atoms with van der Waals surface area (Å²) in [5.41, 5.74) is 2.31. The fraction of sp³-hybridized carbons (Fsp3) is 0.909. The smallest absolute Gasteiger partial charge is 0.330 e. The third-order valence-electron chi connectivity index (χ3n) is 3.00. The molecular formula is C11H21F3N4. The van der Waals surface area contributed by atoms with Crippen LogP contribution in [-0.2, 0) is 0 Å².